The summed E-state index contributed by atoms with van der Waals surface area (Å²) in [5, 5.41) is 11.6. The lowest BCUT2D eigenvalue weighted by molar-refractivity contribution is 0.0472. The quantitative estimate of drug-likeness (QED) is 0.902. The minimum Gasteiger partial charge on any atom is -0.366 e. The number of benzene rings is 1. The van der Waals surface area contributed by atoms with E-state index in [-0.39, 0.29) is 0 Å². The van der Waals surface area contributed by atoms with Gasteiger partial charge in [-0.1, -0.05) is 30.3 Å². The summed E-state index contributed by atoms with van der Waals surface area (Å²) in [6.45, 7) is 4.11. The highest BCUT2D eigenvalue weighted by molar-refractivity contribution is 5.69. The summed E-state index contributed by atoms with van der Waals surface area (Å²) in [6.07, 6.45) is 5.33. The zero-order valence-electron chi connectivity index (χ0n) is 15.9. The molecule has 1 N–H and O–H groups in total. The minimum absolute atomic E-state index is 0.523. The van der Waals surface area contributed by atoms with Crippen LogP contribution in [0.15, 0.2) is 30.3 Å². The fourth-order valence-corrected chi connectivity index (χ4v) is 4.68. The van der Waals surface area contributed by atoms with Crippen LogP contribution in [-0.2, 0) is 12.1 Å². The molecule has 1 unspecified atom stereocenters. The van der Waals surface area contributed by atoms with Crippen LogP contribution in [0, 0.1) is 0 Å². The molecule has 2 saturated heterocycles. The van der Waals surface area contributed by atoms with Crippen molar-refractivity contribution in [3.05, 3.63) is 41.5 Å². The Labute approximate surface area is 160 Å². The van der Waals surface area contributed by atoms with Gasteiger partial charge >= 0.3 is 0 Å². The van der Waals surface area contributed by atoms with Crippen LogP contribution in [0.1, 0.15) is 36.8 Å². The van der Waals surface area contributed by atoms with Gasteiger partial charge in [0, 0.05) is 50.8 Å². The molecule has 1 aromatic carbocycles. The zero-order chi connectivity index (χ0) is 18.4. The normalized spacial score (nSPS) is 24.7. The summed E-state index contributed by atoms with van der Waals surface area (Å²) in [7, 11) is 1.95. The van der Waals surface area contributed by atoms with Crippen LogP contribution in [0.2, 0.25) is 0 Å². The molecule has 2 aromatic rings. The van der Waals surface area contributed by atoms with Crippen molar-refractivity contribution in [2.45, 2.75) is 37.8 Å². The van der Waals surface area contributed by atoms with Gasteiger partial charge in [0.05, 0.1) is 0 Å². The highest BCUT2D eigenvalue weighted by atomic mass is 16.3. The average Bonchev–Trinajstić information content (AvgIpc) is 3.45. The molecule has 3 aliphatic rings. The number of hydrogen-bond donors (Lipinski definition) is 1. The van der Waals surface area contributed by atoms with E-state index in [2.05, 4.69) is 9.80 Å². The first-order chi connectivity index (χ1) is 13.2. The van der Waals surface area contributed by atoms with Crippen LogP contribution in [0.3, 0.4) is 0 Å². The minimum atomic E-state index is -1.07. The molecule has 4 heterocycles. The van der Waals surface area contributed by atoms with E-state index in [4.69, 9.17) is 9.97 Å². The molecule has 3 aliphatic heterocycles. The fraction of sp³-hybridized carbons (Fsp3) is 0.524. The molecular weight excluding hydrogens is 338 g/mol. The van der Waals surface area contributed by atoms with Crippen LogP contribution in [-0.4, -0.2) is 48.3 Å². The van der Waals surface area contributed by atoms with Crippen LogP contribution >= 0.6 is 0 Å². The predicted molar refractivity (Wildman–Crippen MR) is 107 cm³/mol. The smallest absolute Gasteiger partial charge is 0.229 e. The Bertz CT molecular complexity index is 830. The summed E-state index contributed by atoms with van der Waals surface area (Å²) < 4.78 is 0. The van der Waals surface area contributed by atoms with Crippen molar-refractivity contribution < 1.29 is 5.11 Å². The van der Waals surface area contributed by atoms with E-state index in [9.17, 15) is 5.11 Å². The van der Waals surface area contributed by atoms with Crippen molar-refractivity contribution in [3.63, 3.8) is 0 Å². The van der Waals surface area contributed by atoms with E-state index < -0.39 is 5.72 Å². The number of aromatic nitrogens is 2. The second-order valence-electron chi connectivity index (χ2n) is 7.96. The first-order valence-electron chi connectivity index (χ1n) is 10.1. The van der Waals surface area contributed by atoms with E-state index in [0.29, 0.717) is 6.42 Å². The van der Waals surface area contributed by atoms with Crippen molar-refractivity contribution in [2.24, 2.45) is 0 Å². The third-order valence-corrected chi connectivity index (χ3v) is 6.28. The molecule has 27 heavy (non-hydrogen) atoms. The maximum atomic E-state index is 11.6. The van der Waals surface area contributed by atoms with Gasteiger partial charge in [-0.15, -0.1) is 0 Å². The molecule has 5 rings (SSSR count). The first kappa shape index (κ1) is 16.8. The maximum Gasteiger partial charge on any atom is 0.229 e. The number of hydrogen-bond acceptors (Lipinski definition) is 6. The van der Waals surface area contributed by atoms with Crippen molar-refractivity contribution >= 4 is 17.6 Å². The molecule has 0 spiro atoms. The van der Waals surface area contributed by atoms with Crippen LogP contribution < -0.4 is 14.7 Å². The molecule has 1 atom stereocenters. The first-order valence-corrected chi connectivity index (χ1v) is 10.1. The van der Waals surface area contributed by atoms with Gasteiger partial charge in [-0.05, 0) is 25.7 Å². The van der Waals surface area contributed by atoms with Gasteiger partial charge in [-0.2, -0.15) is 9.97 Å². The van der Waals surface area contributed by atoms with Crippen molar-refractivity contribution in [2.75, 3.05) is 47.9 Å². The lowest BCUT2D eigenvalue weighted by Gasteiger charge is -2.32. The summed E-state index contributed by atoms with van der Waals surface area (Å²) in [5.41, 5.74) is 0.908. The Morgan fingerprint density at radius 1 is 0.852 bits per heavy atom. The summed E-state index contributed by atoms with van der Waals surface area (Å²) in [6, 6.07) is 9.93. The lowest BCUT2D eigenvalue weighted by Crippen LogP contribution is -2.41. The largest absolute Gasteiger partial charge is 0.366 e. The number of aliphatic hydroxyl groups is 1. The molecule has 0 radical (unpaired) electrons. The highest BCUT2D eigenvalue weighted by Gasteiger charge is 2.45. The molecule has 0 bridgehead atoms. The highest BCUT2D eigenvalue weighted by Crippen LogP contribution is 2.45. The van der Waals surface area contributed by atoms with Crippen LogP contribution in [0.25, 0.3) is 0 Å². The van der Waals surface area contributed by atoms with Gasteiger partial charge in [0.15, 0.2) is 5.72 Å². The number of anilines is 3. The Kier molecular flexibility index (Phi) is 3.97. The maximum absolute atomic E-state index is 11.6. The van der Waals surface area contributed by atoms with Gasteiger partial charge in [0.2, 0.25) is 5.95 Å². The molecule has 2 fully saturated rings. The van der Waals surface area contributed by atoms with Crippen molar-refractivity contribution in [1.29, 1.82) is 0 Å². The van der Waals surface area contributed by atoms with Gasteiger partial charge in [-0.3, -0.25) is 0 Å². The zero-order valence-corrected chi connectivity index (χ0v) is 15.9. The van der Waals surface area contributed by atoms with Crippen LogP contribution in [0.4, 0.5) is 17.6 Å². The third kappa shape index (κ3) is 2.65. The Morgan fingerprint density at radius 3 is 2.11 bits per heavy atom. The SMILES string of the molecule is CN1c2nc(N3CCCC3)nc(N3CCCC3)c2CC1(O)c1ccccc1. The Morgan fingerprint density at radius 2 is 1.44 bits per heavy atom. The number of nitrogens with zero attached hydrogens (tertiary/aromatic N) is 5. The van der Waals surface area contributed by atoms with Gasteiger partial charge < -0.3 is 19.8 Å². The third-order valence-electron chi connectivity index (χ3n) is 6.28. The Hall–Kier alpha value is -2.34. The number of likely N-dealkylation sites (N-methyl/N-ethyl adjacent to an activating group) is 1. The number of rotatable bonds is 3. The molecule has 142 valence electrons. The second-order valence-corrected chi connectivity index (χ2v) is 7.96. The van der Waals surface area contributed by atoms with E-state index >= 15 is 0 Å². The van der Waals surface area contributed by atoms with Crippen LogP contribution in [0.5, 0.6) is 0 Å². The van der Waals surface area contributed by atoms with E-state index in [1.807, 2.05) is 42.3 Å². The summed E-state index contributed by atoms with van der Waals surface area (Å²) in [4.78, 5) is 16.5. The van der Waals surface area contributed by atoms with Gasteiger partial charge in [0.25, 0.3) is 0 Å². The van der Waals surface area contributed by atoms with Crippen molar-refractivity contribution in [1.82, 2.24) is 9.97 Å². The summed E-state index contributed by atoms with van der Waals surface area (Å²) >= 11 is 0. The lowest BCUT2D eigenvalue weighted by atomic mass is 9.98. The molecule has 6 heteroatoms. The second kappa shape index (κ2) is 6.37. The van der Waals surface area contributed by atoms with E-state index in [1.54, 1.807) is 0 Å². The monoisotopic (exact) mass is 365 g/mol. The predicted octanol–water partition coefficient (Wildman–Crippen LogP) is 2.51. The van der Waals surface area contributed by atoms with Gasteiger partial charge in [0.1, 0.15) is 11.6 Å². The fourth-order valence-electron chi connectivity index (χ4n) is 4.68. The Balaban J connectivity index is 1.61. The van der Waals surface area contributed by atoms with Gasteiger partial charge in [-0.25, -0.2) is 0 Å². The summed E-state index contributed by atoms with van der Waals surface area (Å²) in [5.74, 6) is 2.72. The molecule has 6 nitrogen and oxygen atoms in total. The van der Waals surface area contributed by atoms with E-state index in [1.165, 1.54) is 25.7 Å². The molecule has 1 aromatic heterocycles. The van der Waals surface area contributed by atoms with E-state index in [0.717, 1.165) is 54.9 Å². The molecule has 0 aliphatic carbocycles. The van der Waals surface area contributed by atoms with Crippen molar-refractivity contribution in [3.8, 4) is 0 Å². The molecule has 0 amide bonds. The standard InChI is InChI=1S/C21H27N5O/c1-24-18-17(15-21(24,27)16-9-3-2-4-10-16)19(25-11-5-6-12-25)23-20(22-18)26-13-7-8-14-26/h2-4,9-10,27H,5-8,11-15H2,1H3. The topological polar surface area (TPSA) is 55.7 Å². The average molecular weight is 365 g/mol. The molecule has 0 saturated carbocycles. The number of fused-ring (bicyclic) bond motifs is 1. The molecular formula is C21H27N5O.